The van der Waals surface area contributed by atoms with E-state index in [9.17, 15) is 4.79 Å². The van der Waals surface area contributed by atoms with Crippen molar-refractivity contribution in [3.05, 3.63) is 35.7 Å². The number of thiophene rings is 1. The maximum Gasteiger partial charge on any atom is 0.243 e. The lowest BCUT2D eigenvalue weighted by Gasteiger charge is -2.02. The first-order valence-corrected chi connectivity index (χ1v) is 7.26. The first-order chi connectivity index (χ1) is 10.3. The van der Waals surface area contributed by atoms with E-state index in [1.807, 2.05) is 17.5 Å². The van der Waals surface area contributed by atoms with Gasteiger partial charge in [0.1, 0.15) is 12.4 Å². The van der Waals surface area contributed by atoms with Crippen molar-refractivity contribution in [1.29, 1.82) is 0 Å². The summed E-state index contributed by atoms with van der Waals surface area (Å²) in [5.41, 5.74) is 0. The summed E-state index contributed by atoms with van der Waals surface area (Å²) in [6, 6.07) is 3.83. The second-order valence-electron chi connectivity index (χ2n) is 4.26. The molecule has 0 aliphatic rings. The molecule has 0 aromatic carbocycles. The predicted molar refractivity (Wildman–Crippen MR) is 76.4 cm³/mol. The van der Waals surface area contributed by atoms with E-state index in [1.165, 1.54) is 16.1 Å². The van der Waals surface area contributed by atoms with Crippen molar-refractivity contribution in [1.82, 2.24) is 35.5 Å². The third kappa shape index (κ3) is 3.51. The molecular weight excluding hydrogens is 290 g/mol. The molecule has 3 aromatic heterocycles. The summed E-state index contributed by atoms with van der Waals surface area (Å²) in [7, 11) is 0. The number of rotatable bonds is 6. The molecule has 9 heteroatoms. The lowest BCUT2D eigenvalue weighted by atomic mass is 10.4. The Morgan fingerprint density at radius 3 is 3.19 bits per heavy atom. The van der Waals surface area contributed by atoms with Gasteiger partial charge in [0.15, 0.2) is 0 Å². The van der Waals surface area contributed by atoms with Crippen LogP contribution in [0.5, 0.6) is 0 Å². The number of imidazole rings is 1. The fraction of sp³-hybridized carbons (Fsp3) is 0.250. The number of nitrogens with zero attached hydrogens (tertiary/aromatic N) is 5. The maximum absolute atomic E-state index is 11.8. The Bertz CT molecular complexity index is 689. The number of amides is 1. The first-order valence-electron chi connectivity index (χ1n) is 6.38. The van der Waals surface area contributed by atoms with Crippen molar-refractivity contribution >= 4 is 17.2 Å². The Hall–Kier alpha value is -2.55. The molecule has 3 aromatic rings. The summed E-state index contributed by atoms with van der Waals surface area (Å²) in [6.07, 6.45) is 4.09. The third-order valence-corrected chi connectivity index (χ3v) is 3.58. The number of aromatic nitrogens is 6. The van der Waals surface area contributed by atoms with Gasteiger partial charge in [0.25, 0.3) is 0 Å². The summed E-state index contributed by atoms with van der Waals surface area (Å²) < 4.78 is 0. The molecule has 2 N–H and O–H groups in total. The minimum Gasteiger partial charge on any atom is -0.354 e. The van der Waals surface area contributed by atoms with Crippen LogP contribution in [-0.4, -0.2) is 42.6 Å². The molecular formula is C12H13N7OS. The number of aromatic amines is 1. The molecule has 0 aliphatic carbocycles. The van der Waals surface area contributed by atoms with Crippen molar-refractivity contribution in [3.63, 3.8) is 0 Å². The van der Waals surface area contributed by atoms with Gasteiger partial charge in [-0.25, -0.2) is 4.98 Å². The summed E-state index contributed by atoms with van der Waals surface area (Å²) in [4.78, 5) is 21.0. The zero-order chi connectivity index (χ0) is 14.5. The van der Waals surface area contributed by atoms with Gasteiger partial charge < -0.3 is 10.3 Å². The van der Waals surface area contributed by atoms with Gasteiger partial charge in [0.05, 0.1) is 4.88 Å². The van der Waals surface area contributed by atoms with E-state index >= 15 is 0 Å². The van der Waals surface area contributed by atoms with E-state index in [1.54, 1.807) is 12.4 Å². The average Bonchev–Trinajstić information content (AvgIpc) is 3.21. The van der Waals surface area contributed by atoms with E-state index < -0.39 is 0 Å². The molecule has 0 fully saturated rings. The molecule has 0 bridgehead atoms. The number of nitrogens with one attached hydrogen (secondary N) is 2. The molecule has 0 aliphatic heterocycles. The average molecular weight is 303 g/mol. The minimum atomic E-state index is -0.156. The topological polar surface area (TPSA) is 101 Å². The monoisotopic (exact) mass is 303 g/mol. The highest BCUT2D eigenvalue weighted by Crippen LogP contribution is 2.19. The smallest absolute Gasteiger partial charge is 0.243 e. The van der Waals surface area contributed by atoms with Gasteiger partial charge in [-0.2, -0.15) is 4.80 Å². The lowest BCUT2D eigenvalue weighted by Crippen LogP contribution is -2.30. The number of hydrogen-bond donors (Lipinski definition) is 2. The van der Waals surface area contributed by atoms with Gasteiger partial charge in [0, 0.05) is 25.4 Å². The molecule has 0 unspecified atom stereocenters. The van der Waals surface area contributed by atoms with E-state index in [0.717, 1.165) is 10.7 Å². The molecule has 1 amide bonds. The normalized spacial score (nSPS) is 10.7. The highest BCUT2D eigenvalue weighted by Gasteiger charge is 2.09. The van der Waals surface area contributed by atoms with Gasteiger partial charge in [-0.3, -0.25) is 4.79 Å². The Balaban J connectivity index is 1.48. The van der Waals surface area contributed by atoms with Crippen molar-refractivity contribution in [3.8, 4) is 10.7 Å². The van der Waals surface area contributed by atoms with Crippen molar-refractivity contribution < 1.29 is 4.79 Å². The number of hydrogen-bond acceptors (Lipinski definition) is 6. The van der Waals surface area contributed by atoms with Crippen LogP contribution in [0.2, 0.25) is 0 Å². The first kappa shape index (κ1) is 13.4. The van der Waals surface area contributed by atoms with Gasteiger partial charge in [-0.1, -0.05) is 6.07 Å². The number of tetrazole rings is 1. The quantitative estimate of drug-likeness (QED) is 0.690. The summed E-state index contributed by atoms with van der Waals surface area (Å²) in [5, 5.41) is 16.7. The fourth-order valence-electron chi connectivity index (χ4n) is 1.75. The van der Waals surface area contributed by atoms with Crippen LogP contribution in [0.25, 0.3) is 10.7 Å². The van der Waals surface area contributed by atoms with Crippen molar-refractivity contribution in [2.45, 2.75) is 13.0 Å². The van der Waals surface area contributed by atoms with Crippen LogP contribution in [0.1, 0.15) is 5.82 Å². The Morgan fingerprint density at radius 1 is 1.48 bits per heavy atom. The highest BCUT2D eigenvalue weighted by atomic mass is 32.1. The van der Waals surface area contributed by atoms with Crippen LogP contribution in [0.15, 0.2) is 29.9 Å². The van der Waals surface area contributed by atoms with E-state index in [0.29, 0.717) is 18.8 Å². The summed E-state index contributed by atoms with van der Waals surface area (Å²) in [5.74, 6) is 1.22. The van der Waals surface area contributed by atoms with Gasteiger partial charge in [-0.05, 0) is 16.7 Å². The molecule has 0 saturated carbocycles. The third-order valence-electron chi connectivity index (χ3n) is 2.72. The molecule has 0 spiro atoms. The largest absolute Gasteiger partial charge is 0.354 e. The van der Waals surface area contributed by atoms with E-state index in [-0.39, 0.29) is 12.5 Å². The zero-order valence-electron chi connectivity index (χ0n) is 11.1. The highest BCUT2D eigenvalue weighted by molar-refractivity contribution is 7.13. The fourth-order valence-corrected chi connectivity index (χ4v) is 2.40. The van der Waals surface area contributed by atoms with Gasteiger partial charge in [-0.15, -0.1) is 21.5 Å². The predicted octanol–water partition coefficient (Wildman–Crippen LogP) is 0.484. The van der Waals surface area contributed by atoms with Crippen LogP contribution in [0.3, 0.4) is 0 Å². The lowest BCUT2D eigenvalue weighted by molar-refractivity contribution is -0.122. The standard InChI is InChI=1S/C12H13N7OS/c20-11(15-4-3-10-13-5-6-14-10)8-19-17-12(16-18-19)9-2-1-7-21-9/h1-2,5-7H,3-4,8H2,(H,13,14)(H,15,20). The second-order valence-corrected chi connectivity index (χ2v) is 5.20. The molecule has 0 radical (unpaired) electrons. The molecule has 0 atom stereocenters. The van der Waals surface area contributed by atoms with Crippen molar-refractivity contribution in [2.75, 3.05) is 6.54 Å². The molecule has 8 nitrogen and oxygen atoms in total. The maximum atomic E-state index is 11.8. The summed E-state index contributed by atoms with van der Waals surface area (Å²) in [6.45, 7) is 0.565. The number of carbonyl (C=O) groups is 1. The molecule has 3 rings (SSSR count). The Labute approximate surface area is 124 Å². The molecule has 21 heavy (non-hydrogen) atoms. The van der Waals surface area contributed by atoms with E-state index in [4.69, 9.17) is 0 Å². The van der Waals surface area contributed by atoms with Crippen LogP contribution in [0, 0.1) is 0 Å². The molecule has 0 saturated heterocycles. The van der Waals surface area contributed by atoms with Crippen LogP contribution in [0.4, 0.5) is 0 Å². The number of carbonyl (C=O) groups excluding carboxylic acids is 1. The van der Waals surface area contributed by atoms with Crippen LogP contribution >= 0.6 is 11.3 Å². The minimum absolute atomic E-state index is 0.0521. The second kappa shape index (κ2) is 6.27. The van der Waals surface area contributed by atoms with Gasteiger partial charge >= 0.3 is 0 Å². The Kier molecular flexibility index (Phi) is 4.01. The van der Waals surface area contributed by atoms with Crippen LogP contribution in [-0.2, 0) is 17.8 Å². The summed E-state index contributed by atoms with van der Waals surface area (Å²) >= 11 is 1.53. The molecule has 108 valence electrons. The molecule has 3 heterocycles. The number of H-pyrrole nitrogens is 1. The Morgan fingerprint density at radius 2 is 2.43 bits per heavy atom. The van der Waals surface area contributed by atoms with E-state index in [2.05, 4.69) is 30.7 Å². The SMILES string of the molecule is O=C(Cn1nnc(-c2cccs2)n1)NCCc1ncc[nH]1. The van der Waals surface area contributed by atoms with Gasteiger partial charge in [0.2, 0.25) is 11.7 Å². The van der Waals surface area contributed by atoms with Crippen molar-refractivity contribution in [2.24, 2.45) is 0 Å². The van der Waals surface area contributed by atoms with Crippen LogP contribution < -0.4 is 5.32 Å². The zero-order valence-corrected chi connectivity index (χ0v) is 11.9.